The molecule has 65 heavy (non-hydrogen) atoms. The summed E-state index contributed by atoms with van der Waals surface area (Å²) in [6, 6.07) is 75.5. The number of fused-ring (bicyclic) bond motifs is 11. The minimum Gasteiger partial charge on any atom is -0.456 e. The van der Waals surface area contributed by atoms with Gasteiger partial charge < -0.3 is 18.9 Å². The van der Waals surface area contributed by atoms with E-state index in [2.05, 4.69) is 221 Å². The third kappa shape index (κ3) is 5.41. The van der Waals surface area contributed by atoms with Crippen LogP contribution in [0.3, 0.4) is 0 Å². The number of hydrogen-bond donors (Lipinski definition) is 1. The molecule has 1 aliphatic rings. The lowest BCUT2D eigenvalue weighted by Gasteiger charge is -2.25. The van der Waals surface area contributed by atoms with Crippen LogP contribution in [0.1, 0.15) is 22.9 Å². The Labute approximate surface area is 372 Å². The lowest BCUT2D eigenvalue weighted by Crippen LogP contribution is -2.34. The van der Waals surface area contributed by atoms with E-state index in [9.17, 15) is 0 Å². The van der Waals surface area contributed by atoms with Gasteiger partial charge in [0.25, 0.3) is 0 Å². The minimum atomic E-state index is -0.460. The van der Waals surface area contributed by atoms with Crippen molar-refractivity contribution in [1.82, 2.24) is 14.5 Å². The number of amidine groups is 2. The van der Waals surface area contributed by atoms with Gasteiger partial charge in [-0.2, -0.15) is 0 Å². The van der Waals surface area contributed by atoms with Crippen LogP contribution < -0.4 is 5.32 Å². The van der Waals surface area contributed by atoms with Crippen LogP contribution in [-0.4, -0.2) is 20.8 Å². The Balaban J connectivity index is 1.07. The number of para-hydroxylation sites is 4. The summed E-state index contributed by atoms with van der Waals surface area (Å²) in [6.07, 6.45) is -0.460. The van der Waals surface area contributed by atoms with Crippen LogP contribution in [0, 0.1) is 0 Å². The Hall–Kier alpha value is -8.74. The van der Waals surface area contributed by atoms with Crippen LogP contribution >= 0.6 is 0 Å². The molecule has 1 atom stereocenters. The SMILES string of the molecule is c1ccc(-n2c3ccccc3c3c(C4=NC(c5cccc6ccccc56)NC(c5cc(-n6c7ccccc7c7cc8ccccc8cc76)cc6oc7ccccc7c56)=N4)cccc32)cc1. The first kappa shape index (κ1) is 35.8. The molecule has 0 bridgehead atoms. The van der Waals surface area contributed by atoms with Gasteiger partial charge in [0.1, 0.15) is 23.2 Å². The highest BCUT2D eigenvalue weighted by atomic mass is 16.3. The van der Waals surface area contributed by atoms with Gasteiger partial charge in [-0.1, -0.05) is 152 Å². The molecule has 3 aromatic heterocycles. The summed E-state index contributed by atoms with van der Waals surface area (Å²) >= 11 is 0. The molecule has 14 rings (SSSR count). The van der Waals surface area contributed by atoms with Gasteiger partial charge in [0.05, 0.1) is 27.8 Å². The zero-order chi connectivity index (χ0) is 42.6. The van der Waals surface area contributed by atoms with E-state index in [1.807, 2.05) is 6.07 Å². The minimum absolute atomic E-state index is 0.460. The molecule has 0 spiro atoms. The first-order valence-corrected chi connectivity index (χ1v) is 22.1. The second kappa shape index (κ2) is 13.9. The molecule has 0 saturated carbocycles. The summed E-state index contributed by atoms with van der Waals surface area (Å²) in [6.45, 7) is 0. The van der Waals surface area contributed by atoms with E-state index in [0.29, 0.717) is 5.84 Å². The molecule has 0 amide bonds. The molecule has 0 fully saturated rings. The highest BCUT2D eigenvalue weighted by Gasteiger charge is 2.28. The summed E-state index contributed by atoms with van der Waals surface area (Å²) in [5.74, 6) is 1.38. The first-order chi connectivity index (χ1) is 32.2. The average Bonchev–Trinajstić information content (AvgIpc) is 4.03. The summed E-state index contributed by atoms with van der Waals surface area (Å²) in [7, 11) is 0. The maximum Gasteiger partial charge on any atom is 0.160 e. The summed E-state index contributed by atoms with van der Waals surface area (Å²) in [5, 5.41) is 15.3. The van der Waals surface area contributed by atoms with Crippen molar-refractivity contribution in [3.63, 3.8) is 0 Å². The fraction of sp³-hybridized carbons (Fsp3) is 0.0169. The van der Waals surface area contributed by atoms with Gasteiger partial charge in [-0.15, -0.1) is 0 Å². The van der Waals surface area contributed by atoms with E-state index >= 15 is 0 Å². The van der Waals surface area contributed by atoms with Crippen LogP contribution in [0.15, 0.2) is 227 Å². The van der Waals surface area contributed by atoms with E-state index < -0.39 is 6.17 Å². The first-order valence-electron chi connectivity index (χ1n) is 22.1. The number of furan rings is 1. The topological polar surface area (TPSA) is 59.8 Å². The molecular formula is C59H37N5O. The number of nitrogens with zero attached hydrogens (tertiary/aromatic N) is 4. The van der Waals surface area contributed by atoms with Crippen molar-refractivity contribution in [1.29, 1.82) is 0 Å². The van der Waals surface area contributed by atoms with Crippen LogP contribution in [0.4, 0.5) is 0 Å². The molecular weight excluding hydrogens is 795 g/mol. The number of benzene rings is 10. The molecule has 10 aromatic carbocycles. The monoisotopic (exact) mass is 831 g/mol. The van der Waals surface area contributed by atoms with Gasteiger partial charge in [0.2, 0.25) is 0 Å². The molecule has 304 valence electrons. The van der Waals surface area contributed by atoms with E-state index in [-0.39, 0.29) is 0 Å². The summed E-state index contributed by atoms with van der Waals surface area (Å²) in [4.78, 5) is 11.2. The van der Waals surface area contributed by atoms with Crippen LogP contribution in [0.5, 0.6) is 0 Å². The van der Waals surface area contributed by atoms with Crippen molar-refractivity contribution in [2.24, 2.45) is 9.98 Å². The van der Waals surface area contributed by atoms with Gasteiger partial charge in [0, 0.05) is 60.8 Å². The molecule has 0 radical (unpaired) electrons. The molecule has 0 saturated heterocycles. The van der Waals surface area contributed by atoms with Crippen molar-refractivity contribution in [2.45, 2.75) is 6.17 Å². The zero-order valence-electron chi connectivity index (χ0n) is 35.0. The maximum atomic E-state index is 6.82. The van der Waals surface area contributed by atoms with Crippen molar-refractivity contribution in [3.8, 4) is 11.4 Å². The molecule has 4 heterocycles. The largest absolute Gasteiger partial charge is 0.456 e. The van der Waals surface area contributed by atoms with Gasteiger partial charge in [-0.3, -0.25) is 0 Å². The number of nitrogens with one attached hydrogen (secondary N) is 1. The zero-order valence-corrected chi connectivity index (χ0v) is 35.0. The second-order valence-electron chi connectivity index (χ2n) is 16.9. The van der Waals surface area contributed by atoms with Gasteiger partial charge in [-0.05, 0) is 76.1 Å². The van der Waals surface area contributed by atoms with Crippen molar-refractivity contribution < 1.29 is 4.42 Å². The molecule has 1 unspecified atom stereocenters. The predicted molar refractivity (Wildman–Crippen MR) is 269 cm³/mol. The lowest BCUT2D eigenvalue weighted by atomic mass is 9.99. The molecule has 6 nitrogen and oxygen atoms in total. The second-order valence-corrected chi connectivity index (χ2v) is 16.9. The maximum absolute atomic E-state index is 6.82. The van der Waals surface area contributed by atoms with E-state index in [4.69, 9.17) is 14.4 Å². The summed E-state index contributed by atoms with van der Waals surface area (Å²) < 4.78 is 11.6. The van der Waals surface area contributed by atoms with Crippen molar-refractivity contribution in [2.75, 3.05) is 0 Å². The Morgan fingerprint density at radius 2 is 1.03 bits per heavy atom. The van der Waals surface area contributed by atoms with E-state index in [0.717, 1.165) is 99.5 Å². The van der Waals surface area contributed by atoms with E-state index in [1.165, 1.54) is 21.5 Å². The average molecular weight is 832 g/mol. The van der Waals surface area contributed by atoms with Crippen LogP contribution in [0.25, 0.3) is 98.5 Å². The predicted octanol–water partition coefficient (Wildman–Crippen LogP) is 14.6. The lowest BCUT2D eigenvalue weighted by molar-refractivity contribution is 0.668. The normalized spacial score (nSPS) is 14.3. The van der Waals surface area contributed by atoms with Crippen molar-refractivity contribution in [3.05, 3.63) is 229 Å². The number of aromatic nitrogens is 2. The Kier molecular flexibility index (Phi) is 7.65. The number of aliphatic imine (C=N–C) groups is 2. The third-order valence-corrected chi connectivity index (χ3v) is 13.3. The highest BCUT2D eigenvalue weighted by molar-refractivity contribution is 6.26. The standard InChI is InChI=1S/C59H37N5O/c1-2-20-39(21-3-1)63-50-29-12-9-24-44(50)55-46(27-15-30-51(55)63)58-60-57(43-26-14-19-36-16-6-7-22-41(36)43)61-59(62-58)48-34-40(35-54-56(48)45-25-10-13-31-53(45)65-54)64-49-28-11-8-23-42(49)47-32-37-17-4-5-18-38(37)33-52(47)64/h1-35,57H,(H,60,61,62). The fourth-order valence-electron chi connectivity index (χ4n) is 10.5. The van der Waals surface area contributed by atoms with Gasteiger partial charge >= 0.3 is 0 Å². The number of rotatable bonds is 5. The fourth-order valence-corrected chi connectivity index (χ4v) is 10.5. The summed E-state index contributed by atoms with van der Waals surface area (Å²) in [5.41, 5.74) is 11.1. The quantitative estimate of drug-likeness (QED) is 0.188. The molecule has 13 aromatic rings. The van der Waals surface area contributed by atoms with Gasteiger partial charge in [-0.25, -0.2) is 9.98 Å². The van der Waals surface area contributed by atoms with Crippen LogP contribution in [-0.2, 0) is 0 Å². The molecule has 0 aliphatic carbocycles. The molecule has 6 heteroatoms. The smallest absolute Gasteiger partial charge is 0.160 e. The highest BCUT2D eigenvalue weighted by Crippen LogP contribution is 2.41. The number of hydrogen-bond acceptors (Lipinski definition) is 4. The Morgan fingerprint density at radius 1 is 0.400 bits per heavy atom. The van der Waals surface area contributed by atoms with Crippen LogP contribution in [0.2, 0.25) is 0 Å². The van der Waals surface area contributed by atoms with E-state index in [1.54, 1.807) is 0 Å². The molecule has 1 aliphatic heterocycles. The molecule has 1 N–H and O–H groups in total. The third-order valence-electron chi connectivity index (χ3n) is 13.3. The Bertz CT molecular complexity index is 4160. The van der Waals surface area contributed by atoms with Crippen molar-refractivity contribution >= 4 is 98.8 Å². The Morgan fingerprint density at radius 3 is 1.88 bits per heavy atom. The van der Waals surface area contributed by atoms with Gasteiger partial charge in [0.15, 0.2) is 5.84 Å².